The van der Waals surface area contributed by atoms with Crippen LogP contribution in [-0.2, 0) is 21.2 Å². The predicted octanol–water partition coefficient (Wildman–Crippen LogP) is 2.04. The predicted molar refractivity (Wildman–Crippen MR) is 94.5 cm³/mol. The molecule has 0 bridgehead atoms. The Morgan fingerprint density at radius 2 is 2.16 bits per heavy atom. The van der Waals surface area contributed by atoms with Crippen LogP contribution in [0.15, 0.2) is 40.6 Å². The zero-order chi connectivity index (χ0) is 18.0. The van der Waals surface area contributed by atoms with E-state index in [9.17, 15) is 13.2 Å². The molecule has 1 N–H and O–H groups in total. The molecule has 8 heteroatoms. The molecule has 0 spiro atoms. The van der Waals surface area contributed by atoms with Crippen molar-refractivity contribution in [3.05, 3.63) is 51.7 Å². The standard InChI is InChI=1S/C17H17N3O3S2/c1-12-14-7-9-24-15(14)6-8-20(12)17(21)11-19-25(22,23)16-5-3-2-4-13(16)10-18/h2-5,7,9,12,19H,6,8,11H2,1H3/t12-/m1/s1. The van der Waals surface area contributed by atoms with E-state index in [1.807, 2.05) is 24.4 Å². The number of hydrogen-bond acceptors (Lipinski definition) is 5. The molecule has 25 heavy (non-hydrogen) atoms. The first-order valence-corrected chi connectivity index (χ1v) is 10.1. The lowest BCUT2D eigenvalue weighted by Crippen LogP contribution is -2.44. The Labute approximate surface area is 150 Å². The second-order valence-corrected chi connectivity index (χ2v) is 8.48. The highest BCUT2D eigenvalue weighted by Gasteiger charge is 2.29. The maximum absolute atomic E-state index is 12.5. The molecule has 0 radical (unpaired) electrons. The van der Waals surface area contributed by atoms with Crippen LogP contribution in [-0.4, -0.2) is 32.3 Å². The second-order valence-electron chi connectivity index (χ2n) is 5.74. The summed E-state index contributed by atoms with van der Waals surface area (Å²) >= 11 is 1.68. The number of amides is 1. The van der Waals surface area contributed by atoms with Crippen molar-refractivity contribution in [2.75, 3.05) is 13.1 Å². The first-order valence-electron chi connectivity index (χ1n) is 7.78. The minimum absolute atomic E-state index is 0.0525. The Kier molecular flexibility index (Phi) is 4.90. The van der Waals surface area contributed by atoms with E-state index in [4.69, 9.17) is 5.26 Å². The molecule has 1 aliphatic rings. The number of sulfonamides is 1. The van der Waals surface area contributed by atoms with Gasteiger partial charge in [0.2, 0.25) is 15.9 Å². The summed E-state index contributed by atoms with van der Waals surface area (Å²) in [5.41, 5.74) is 1.18. The molecular weight excluding hydrogens is 358 g/mol. The minimum Gasteiger partial charge on any atom is -0.334 e. The van der Waals surface area contributed by atoms with Crippen molar-refractivity contribution < 1.29 is 13.2 Å². The number of carbonyl (C=O) groups is 1. The number of hydrogen-bond donors (Lipinski definition) is 1. The summed E-state index contributed by atoms with van der Waals surface area (Å²) in [5, 5.41) is 11.1. The minimum atomic E-state index is -3.92. The Morgan fingerprint density at radius 3 is 2.92 bits per heavy atom. The van der Waals surface area contributed by atoms with Crippen LogP contribution >= 0.6 is 11.3 Å². The smallest absolute Gasteiger partial charge is 0.242 e. The number of nitriles is 1. The van der Waals surface area contributed by atoms with Crippen molar-refractivity contribution in [3.63, 3.8) is 0 Å². The summed E-state index contributed by atoms with van der Waals surface area (Å²) in [6, 6.07) is 9.72. The van der Waals surface area contributed by atoms with Gasteiger partial charge in [0.1, 0.15) is 6.07 Å². The zero-order valence-corrected chi connectivity index (χ0v) is 15.2. The van der Waals surface area contributed by atoms with Crippen LogP contribution in [0.2, 0.25) is 0 Å². The van der Waals surface area contributed by atoms with E-state index < -0.39 is 10.0 Å². The van der Waals surface area contributed by atoms with Gasteiger partial charge in [0.15, 0.2) is 0 Å². The molecule has 0 unspecified atom stereocenters. The first-order chi connectivity index (χ1) is 11.9. The Hall–Kier alpha value is -2.21. The van der Waals surface area contributed by atoms with Gasteiger partial charge in [0.25, 0.3) is 0 Å². The highest BCUT2D eigenvalue weighted by molar-refractivity contribution is 7.89. The van der Waals surface area contributed by atoms with E-state index in [0.29, 0.717) is 6.54 Å². The average molecular weight is 375 g/mol. The largest absolute Gasteiger partial charge is 0.334 e. The van der Waals surface area contributed by atoms with Gasteiger partial charge in [-0.05, 0) is 42.5 Å². The number of carbonyl (C=O) groups excluding carboxylic acids is 1. The molecule has 1 aromatic heterocycles. The van der Waals surface area contributed by atoms with Gasteiger partial charge in [-0.15, -0.1) is 11.3 Å². The molecule has 0 saturated heterocycles. The molecule has 130 valence electrons. The molecule has 1 amide bonds. The van der Waals surface area contributed by atoms with Crippen LogP contribution in [0.5, 0.6) is 0 Å². The summed E-state index contributed by atoms with van der Waals surface area (Å²) < 4.78 is 27.1. The fraction of sp³-hybridized carbons (Fsp3) is 0.294. The Balaban J connectivity index is 1.71. The van der Waals surface area contributed by atoms with Crippen molar-refractivity contribution in [1.29, 1.82) is 5.26 Å². The highest BCUT2D eigenvalue weighted by atomic mass is 32.2. The molecular formula is C17H17N3O3S2. The SMILES string of the molecule is C[C@@H]1c2ccsc2CCN1C(=O)CNS(=O)(=O)c1ccccc1C#N. The van der Waals surface area contributed by atoms with Crippen molar-refractivity contribution in [2.24, 2.45) is 0 Å². The van der Waals surface area contributed by atoms with E-state index >= 15 is 0 Å². The van der Waals surface area contributed by atoms with Crippen LogP contribution < -0.4 is 4.72 Å². The summed E-state index contributed by atoms with van der Waals surface area (Å²) in [5.74, 6) is -0.276. The third-order valence-electron chi connectivity index (χ3n) is 4.31. The molecule has 1 aliphatic heterocycles. The van der Waals surface area contributed by atoms with Crippen LogP contribution in [0, 0.1) is 11.3 Å². The van der Waals surface area contributed by atoms with Crippen molar-refractivity contribution in [1.82, 2.24) is 9.62 Å². The average Bonchev–Trinajstić information content (AvgIpc) is 3.09. The molecule has 3 rings (SSSR count). The number of rotatable bonds is 4. The Bertz CT molecular complexity index is 944. The van der Waals surface area contributed by atoms with Gasteiger partial charge in [-0.25, -0.2) is 13.1 Å². The maximum Gasteiger partial charge on any atom is 0.242 e. The summed E-state index contributed by atoms with van der Waals surface area (Å²) in [6.45, 7) is 2.19. The van der Waals surface area contributed by atoms with Crippen molar-refractivity contribution >= 4 is 27.3 Å². The van der Waals surface area contributed by atoms with E-state index in [1.165, 1.54) is 17.0 Å². The third kappa shape index (κ3) is 3.44. The van der Waals surface area contributed by atoms with Gasteiger partial charge < -0.3 is 4.90 Å². The fourth-order valence-electron chi connectivity index (χ4n) is 2.98. The van der Waals surface area contributed by atoms with E-state index in [0.717, 1.165) is 12.0 Å². The van der Waals surface area contributed by atoms with Crippen LogP contribution in [0.4, 0.5) is 0 Å². The lowest BCUT2D eigenvalue weighted by molar-refractivity contribution is -0.132. The highest BCUT2D eigenvalue weighted by Crippen LogP contribution is 2.32. The van der Waals surface area contributed by atoms with Crippen molar-refractivity contribution in [2.45, 2.75) is 24.3 Å². The summed E-state index contributed by atoms with van der Waals surface area (Å²) in [4.78, 5) is 15.4. The van der Waals surface area contributed by atoms with Gasteiger partial charge in [-0.3, -0.25) is 4.79 Å². The number of nitrogens with zero attached hydrogens (tertiary/aromatic N) is 2. The van der Waals surface area contributed by atoms with E-state index in [1.54, 1.807) is 28.4 Å². The molecule has 2 aromatic rings. The number of benzene rings is 1. The lowest BCUT2D eigenvalue weighted by atomic mass is 10.0. The van der Waals surface area contributed by atoms with Gasteiger partial charge in [-0.2, -0.15) is 5.26 Å². The van der Waals surface area contributed by atoms with Crippen LogP contribution in [0.3, 0.4) is 0 Å². The van der Waals surface area contributed by atoms with E-state index in [-0.39, 0.29) is 29.0 Å². The molecule has 2 heterocycles. The molecule has 0 saturated carbocycles. The zero-order valence-electron chi connectivity index (χ0n) is 13.6. The number of thiophene rings is 1. The van der Waals surface area contributed by atoms with Crippen molar-refractivity contribution in [3.8, 4) is 6.07 Å². The fourth-order valence-corrected chi connectivity index (χ4v) is 5.07. The Morgan fingerprint density at radius 1 is 1.40 bits per heavy atom. The van der Waals surface area contributed by atoms with Crippen LogP contribution in [0.25, 0.3) is 0 Å². The van der Waals surface area contributed by atoms with Crippen LogP contribution in [0.1, 0.15) is 29.0 Å². The van der Waals surface area contributed by atoms with Gasteiger partial charge in [0.05, 0.1) is 23.0 Å². The normalized spacial score (nSPS) is 17.0. The molecule has 1 aromatic carbocycles. The molecule has 6 nitrogen and oxygen atoms in total. The molecule has 0 fully saturated rings. The number of fused-ring (bicyclic) bond motifs is 1. The molecule has 0 aliphatic carbocycles. The van der Waals surface area contributed by atoms with Gasteiger partial charge in [-0.1, -0.05) is 12.1 Å². The summed E-state index contributed by atoms with van der Waals surface area (Å²) in [7, 11) is -3.92. The molecule has 1 atom stereocenters. The topological polar surface area (TPSA) is 90.3 Å². The summed E-state index contributed by atoms with van der Waals surface area (Å²) in [6.07, 6.45) is 0.785. The monoisotopic (exact) mass is 375 g/mol. The third-order valence-corrected chi connectivity index (χ3v) is 6.76. The van der Waals surface area contributed by atoms with E-state index in [2.05, 4.69) is 4.72 Å². The lowest BCUT2D eigenvalue weighted by Gasteiger charge is -2.33. The van der Waals surface area contributed by atoms with Gasteiger partial charge in [0, 0.05) is 11.4 Å². The maximum atomic E-state index is 12.5. The van der Waals surface area contributed by atoms with Gasteiger partial charge >= 0.3 is 0 Å². The first kappa shape index (κ1) is 17.6. The quantitative estimate of drug-likeness (QED) is 0.885. The number of nitrogens with one attached hydrogen (secondary N) is 1. The second kappa shape index (κ2) is 6.96.